The molecule has 2 N–H and O–H groups in total. The van der Waals surface area contributed by atoms with Gasteiger partial charge in [0, 0.05) is 16.3 Å². The van der Waals surface area contributed by atoms with E-state index in [4.69, 9.17) is 28.6 Å². The lowest BCUT2D eigenvalue weighted by molar-refractivity contribution is 0.0977. The first-order valence-electron chi connectivity index (χ1n) is 6.10. The normalized spacial score (nSPS) is 9.81. The van der Waals surface area contributed by atoms with Gasteiger partial charge >= 0.3 is 0 Å². The molecule has 0 fully saturated rings. The topological polar surface area (TPSA) is 50.4 Å². The van der Waals surface area contributed by atoms with Crippen molar-refractivity contribution in [2.45, 2.75) is 0 Å². The monoisotopic (exact) mass is 320 g/mol. The average Bonchev–Trinajstić information content (AvgIpc) is 2.49. The van der Waals surface area contributed by atoms with Crippen molar-refractivity contribution >= 4 is 40.5 Å². The molecule has 6 heteroatoms. The lowest BCUT2D eigenvalue weighted by Gasteiger charge is -2.10. The second-order valence-electron chi connectivity index (χ2n) is 4.15. The Kier molecular flexibility index (Phi) is 5.14. The number of rotatable bonds is 3. The van der Waals surface area contributed by atoms with Gasteiger partial charge in [-0.05, 0) is 54.7 Å². The van der Waals surface area contributed by atoms with Crippen molar-refractivity contribution in [3.05, 3.63) is 59.1 Å². The highest BCUT2D eigenvalue weighted by Gasteiger charge is 2.08. The van der Waals surface area contributed by atoms with E-state index in [0.717, 1.165) is 5.69 Å². The van der Waals surface area contributed by atoms with Crippen LogP contribution in [0.2, 0.25) is 5.02 Å². The fraction of sp³-hybridized carbons (Fsp3) is 0.0667. The summed E-state index contributed by atoms with van der Waals surface area (Å²) in [6.45, 7) is 0. The third kappa shape index (κ3) is 4.44. The van der Waals surface area contributed by atoms with Gasteiger partial charge in [-0.25, -0.2) is 0 Å². The van der Waals surface area contributed by atoms with E-state index in [9.17, 15) is 4.79 Å². The minimum absolute atomic E-state index is 0.213. The minimum atomic E-state index is -0.305. The summed E-state index contributed by atoms with van der Waals surface area (Å²) in [6, 6.07) is 13.8. The Morgan fingerprint density at radius 2 is 1.90 bits per heavy atom. The Hall–Kier alpha value is -2.11. The van der Waals surface area contributed by atoms with Gasteiger partial charge in [-0.2, -0.15) is 0 Å². The SMILES string of the molecule is COc1cccc(C(=O)NC(=S)Nc2ccc(Cl)cc2)c1. The highest BCUT2D eigenvalue weighted by atomic mass is 35.5. The van der Waals surface area contributed by atoms with Crippen LogP contribution in [0.5, 0.6) is 5.75 Å². The second-order valence-corrected chi connectivity index (χ2v) is 4.99. The van der Waals surface area contributed by atoms with Crippen molar-refractivity contribution in [3.63, 3.8) is 0 Å². The van der Waals surface area contributed by atoms with Gasteiger partial charge < -0.3 is 10.1 Å². The number of methoxy groups -OCH3 is 1. The van der Waals surface area contributed by atoms with Crippen LogP contribution < -0.4 is 15.4 Å². The van der Waals surface area contributed by atoms with Crippen LogP contribution >= 0.6 is 23.8 Å². The van der Waals surface area contributed by atoms with Crippen LogP contribution in [-0.2, 0) is 0 Å². The molecular weight excluding hydrogens is 308 g/mol. The number of anilines is 1. The van der Waals surface area contributed by atoms with Gasteiger partial charge in [0.1, 0.15) is 5.75 Å². The standard InChI is InChI=1S/C15H13ClN2O2S/c1-20-13-4-2-3-10(9-13)14(19)18-15(21)17-12-7-5-11(16)6-8-12/h2-9H,1H3,(H2,17,18,19,21). The summed E-state index contributed by atoms with van der Waals surface area (Å²) in [5, 5.41) is 6.36. The van der Waals surface area contributed by atoms with E-state index in [2.05, 4.69) is 10.6 Å². The first-order valence-corrected chi connectivity index (χ1v) is 6.89. The second kappa shape index (κ2) is 7.06. The Balaban J connectivity index is 1.98. The van der Waals surface area contributed by atoms with Gasteiger partial charge in [-0.3, -0.25) is 10.1 Å². The number of hydrogen-bond donors (Lipinski definition) is 2. The van der Waals surface area contributed by atoms with Crippen molar-refractivity contribution < 1.29 is 9.53 Å². The Bertz CT molecular complexity index is 659. The molecule has 2 aromatic carbocycles. The molecule has 0 unspecified atom stereocenters. The quantitative estimate of drug-likeness (QED) is 0.850. The van der Waals surface area contributed by atoms with Crippen LogP contribution in [-0.4, -0.2) is 18.1 Å². The van der Waals surface area contributed by atoms with Gasteiger partial charge in [0.2, 0.25) is 0 Å². The smallest absolute Gasteiger partial charge is 0.257 e. The number of nitrogens with one attached hydrogen (secondary N) is 2. The zero-order valence-corrected chi connectivity index (χ0v) is 12.8. The number of ether oxygens (including phenoxy) is 1. The Morgan fingerprint density at radius 1 is 1.19 bits per heavy atom. The van der Waals surface area contributed by atoms with Crippen LogP contribution in [0, 0.1) is 0 Å². The number of benzene rings is 2. The summed E-state index contributed by atoms with van der Waals surface area (Å²) < 4.78 is 5.08. The van der Waals surface area contributed by atoms with E-state index in [0.29, 0.717) is 16.3 Å². The molecule has 108 valence electrons. The third-order valence-corrected chi connectivity index (χ3v) is 3.12. The van der Waals surface area contributed by atoms with E-state index in [1.54, 1.807) is 55.6 Å². The molecular formula is C15H13ClN2O2S. The summed E-state index contributed by atoms with van der Waals surface area (Å²) >= 11 is 10.9. The molecule has 0 aliphatic rings. The first kappa shape index (κ1) is 15.3. The molecule has 0 aliphatic carbocycles. The van der Waals surface area contributed by atoms with Crippen molar-refractivity contribution in [3.8, 4) is 5.75 Å². The Labute approximate surface area is 133 Å². The predicted molar refractivity (Wildman–Crippen MR) is 88.1 cm³/mol. The zero-order chi connectivity index (χ0) is 15.2. The molecule has 0 saturated heterocycles. The van der Waals surface area contributed by atoms with Crippen molar-refractivity contribution in [2.75, 3.05) is 12.4 Å². The fourth-order valence-electron chi connectivity index (χ4n) is 1.64. The molecule has 21 heavy (non-hydrogen) atoms. The van der Waals surface area contributed by atoms with E-state index in [-0.39, 0.29) is 11.0 Å². The molecule has 0 spiro atoms. The lowest BCUT2D eigenvalue weighted by Crippen LogP contribution is -2.34. The van der Waals surface area contributed by atoms with E-state index < -0.39 is 0 Å². The van der Waals surface area contributed by atoms with Crippen molar-refractivity contribution in [2.24, 2.45) is 0 Å². The summed E-state index contributed by atoms with van der Waals surface area (Å²) in [6.07, 6.45) is 0. The summed E-state index contributed by atoms with van der Waals surface area (Å²) in [4.78, 5) is 12.1. The molecule has 0 atom stereocenters. The summed E-state index contributed by atoms with van der Waals surface area (Å²) in [7, 11) is 1.55. The lowest BCUT2D eigenvalue weighted by atomic mass is 10.2. The number of thiocarbonyl (C=S) groups is 1. The highest BCUT2D eigenvalue weighted by Crippen LogP contribution is 2.14. The zero-order valence-electron chi connectivity index (χ0n) is 11.2. The number of carbonyl (C=O) groups is 1. The molecule has 0 bridgehead atoms. The maximum absolute atomic E-state index is 12.1. The summed E-state index contributed by atoms with van der Waals surface area (Å²) in [5.74, 6) is 0.305. The molecule has 0 aliphatic heterocycles. The number of amides is 1. The molecule has 0 aromatic heterocycles. The molecule has 2 rings (SSSR count). The van der Waals surface area contributed by atoms with Crippen molar-refractivity contribution in [1.82, 2.24) is 5.32 Å². The van der Waals surface area contributed by atoms with Crippen LogP contribution in [0.25, 0.3) is 0 Å². The van der Waals surface area contributed by atoms with Crippen LogP contribution in [0.4, 0.5) is 5.69 Å². The maximum Gasteiger partial charge on any atom is 0.257 e. The third-order valence-electron chi connectivity index (χ3n) is 2.66. The molecule has 1 amide bonds. The van der Waals surface area contributed by atoms with Gasteiger partial charge in [0.05, 0.1) is 7.11 Å². The average molecular weight is 321 g/mol. The molecule has 4 nitrogen and oxygen atoms in total. The minimum Gasteiger partial charge on any atom is -0.497 e. The van der Waals surface area contributed by atoms with Gasteiger partial charge in [-0.15, -0.1) is 0 Å². The Morgan fingerprint density at radius 3 is 2.57 bits per heavy atom. The van der Waals surface area contributed by atoms with Gasteiger partial charge in [0.15, 0.2) is 5.11 Å². The van der Waals surface area contributed by atoms with Crippen molar-refractivity contribution in [1.29, 1.82) is 0 Å². The fourth-order valence-corrected chi connectivity index (χ4v) is 1.97. The highest BCUT2D eigenvalue weighted by molar-refractivity contribution is 7.80. The van der Waals surface area contributed by atoms with E-state index >= 15 is 0 Å². The molecule has 0 radical (unpaired) electrons. The predicted octanol–water partition coefficient (Wildman–Crippen LogP) is 3.48. The van der Waals surface area contributed by atoms with Crippen LogP contribution in [0.1, 0.15) is 10.4 Å². The molecule has 0 saturated carbocycles. The van der Waals surface area contributed by atoms with Gasteiger partial charge in [0.25, 0.3) is 5.91 Å². The van der Waals surface area contributed by atoms with E-state index in [1.165, 1.54) is 0 Å². The number of halogens is 1. The number of hydrogen-bond acceptors (Lipinski definition) is 3. The maximum atomic E-state index is 12.1. The van der Waals surface area contributed by atoms with Crippen LogP contribution in [0.15, 0.2) is 48.5 Å². The van der Waals surface area contributed by atoms with Crippen LogP contribution in [0.3, 0.4) is 0 Å². The number of carbonyl (C=O) groups excluding carboxylic acids is 1. The largest absolute Gasteiger partial charge is 0.497 e. The first-order chi connectivity index (χ1) is 10.1. The van der Waals surface area contributed by atoms with Gasteiger partial charge in [-0.1, -0.05) is 17.7 Å². The van der Waals surface area contributed by atoms with E-state index in [1.807, 2.05) is 0 Å². The molecule has 0 heterocycles. The molecule has 2 aromatic rings. The summed E-state index contributed by atoms with van der Waals surface area (Å²) in [5.41, 5.74) is 1.21.